The minimum atomic E-state index is -1.27. The van der Waals surface area contributed by atoms with Crippen LogP contribution in [-0.2, 0) is 16.0 Å². The van der Waals surface area contributed by atoms with Gasteiger partial charge in [-0.05, 0) is 28.8 Å². The number of hydrogen-bond donors (Lipinski definition) is 1. The molecule has 1 aliphatic rings. The van der Waals surface area contributed by atoms with Gasteiger partial charge in [-0.25, -0.2) is 0 Å². The first-order valence-corrected chi connectivity index (χ1v) is 9.85. The highest BCUT2D eigenvalue weighted by molar-refractivity contribution is 5.95. The van der Waals surface area contributed by atoms with Crippen LogP contribution in [0.2, 0.25) is 0 Å². The largest absolute Gasteiger partial charge is 0.367 e. The summed E-state index contributed by atoms with van der Waals surface area (Å²) in [5, 5.41) is 0. The molecular formula is C24H23N3O3. The summed E-state index contributed by atoms with van der Waals surface area (Å²) in [6.07, 6.45) is 3.43. The van der Waals surface area contributed by atoms with E-state index in [9.17, 15) is 9.59 Å². The molecule has 0 unspecified atom stereocenters. The molecule has 1 saturated heterocycles. The van der Waals surface area contributed by atoms with Crippen LogP contribution in [0.5, 0.6) is 0 Å². The average Bonchev–Trinajstić information content (AvgIpc) is 2.80. The Morgan fingerprint density at radius 3 is 2.57 bits per heavy atom. The number of hydrogen-bond acceptors (Lipinski definition) is 4. The number of amides is 2. The molecule has 2 heterocycles. The second-order valence-corrected chi connectivity index (χ2v) is 7.42. The highest BCUT2D eigenvalue weighted by Gasteiger charge is 2.44. The maximum absolute atomic E-state index is 12.9. The van der Waals surface area contributed by atoms with E-state index in [1.54, 1.807) is 23.2 Å². The quantitative estimate of drug-likeness (QED) is 0.712. The van der Waals surface area contributed by atoms with Crippen molar-refractivity contribution in [3.05, 3.63) is 90.3 Å². The Balaban J connectivity index is 1.59. The van der Waals surface area contributed by atoms with Crippen LogP contribution in [0.3, 0.4) is 0 Å². The van der Waals surface area contributed by atoms with Gasteiger partial charge in [-0.2, -0.15) is 0 Å². The summed E-state index contributed by atoms with van der Waals surface area (Å²) in [5.74, 6) is -0.758. The van der Waals surface area contributed by atoms with Crippen LogP contribution in [-0.4, -0.2) is 47.0 Å². The molecule has 1 aromatic heterocycles. The van der Waals surface area contributed by atoms with Crippen molar-refractivity contribution in [2.45, 2.75) is 12.0 Å². The normalized spacial score (nSPS) is 18.7. The molecule has 0 spiro atoms. The van der Waals surface area contributed by atoms with Crippen molar-refractivity contribution >= 4 is 11.8 Å². The standard InChI is InChI=1S/C24H23N3O3/c25-23(29)24(15-18-6-4-9-20(14-18)19-7-2-1-3-8-19)17-27(12-13-30-24)22(28)21-10-5-11-26-16-21/h1-11,14,16H,12-13,15,17H2,(H2,25,29)/t24-/m0/s1. The van der Waals surface area contributed by atoms with Crippen molar-refractivity contribution < 1.29 is 14.3 Å². The van der Waals surface area contributed by atoms with Crippen LogP contribution in [0.15, 0.2) is 79.1 Å². The molecule has 2 N–H and O–H groups in total. The third-order valence-electron chi connectivity index (χ3n) is 5.35. The molecule has 152 valence electrons. The van der Waals surface area contributed by atoms with Crippen molar-refractivity contribution in [2.75, 3.05) is 19.7 Å². The van der Waals surface area contributed by atoms with E-state index in [-0.39, 0.29) is 19.1 Å². The first-order chi connectivity index (χ1) is 14.6. The zero-order valence-corrected chi connectivity index (χ0v) is 16.5. The van der Waals surface area contributed by atoms with Gasteiger partial charge in [0.2, 0.25) is 0 Å². The summed E-state index contributed by atoms with van der Waals surface area (Å²) >= 11 is 0. The van der Waals surface area contributed by atoms with Gasteiger partial charge >= 0.3 is 0 Å². The van der Waals surface area contributed by atoms with E-state index < -0.39 is 11.5 Å². The number of benzene rings is 2. The fourth-order valence-corrected chi connectivity index (χ4v) is 3.79. The zero-order valence-electron chi connectivity index (χ0n) is 16.5. The lowest BCUT2D eigenvalue weighted by Gasteiger charge is -2.40. The Hall–Kier alpha value is -3.51. The number of pyridine rings is 1. The lowest BCUT2D eigenvalue weighted by atomic mass is 9.90. The molecule has 6 nitrogen and oxygen atoms in total. The average molecular weight is 401 g/mol. The number of ether oxygens (including phenoxy) is 1. The second kappa shape index (κ2) is 8.47. The van der Waals surface area contributed by atoms with E-state index in [4.69, 9.17) is 10.5 Å². The Morgan fingerprint density at radius 1 is 1.03 bits per heavy atom. The van der Waals surface area contributed by atoms with Crippen LogP contribution in [0.4, 0.5) is 0 Å². The number of carbonyl (C=O) groups excluding carboxylic acids is 2. The predicted octanol–water partition coefficient (Wildman–Crippen LogP) is 2.69. The summed E-state index contributed by atoms with van der Waals surface area (Å²) in [4.78, 5) is 31.0. The summed E-state index contributed by atoms with van der Waals surface area (Å²) < 4.78 is 5.91. The summed E-state index contributed by atoms with van der Waals surface area (Å²) in [7, 11) is 0. The number of aromatic nitrogens is 1. The number of carbonyl (C=O) groups is 2. The van der Waals surface area contributed by atoms with E-state index in [2.05, 4.69) is 4.98 Å². The van der Waals surface area contributed by atoms with Gasteiger partial charge in [-0.15, -0.1) is 0 Å². The van der Waals surface area contributed by atoms with Gasteiger partial charge in [0.05, 0.1) is 18.7 Å². The van der Waals surface area contributed by atoms with E-state index in [1.807, 2.05) is 54.6 Å². The molecular weight excluding hydrogens is 378 g/mol. The SMILES string of the molecule is NC(=O)[C@]1(Cc2cccc(-c3ccccc3)c2)CN(C(=O)c2cccnc2)CCO1. The molecule has 30 heavy (non-hydrogen) atoms. The summed E-state index contributed by atoms with van der Waals surface area (Å²) in [5.41, 5.74) is 8.05. The molecule has 1 atom stereocenters. The molecule has 0 saturated carbocycles. The first kappa shape index (κ1) is 19.8. The van der Waals surface area contributed by atoms with Crippen LogP contribution in [0.1, 0.15) is 15.9 Å². The lowest BCUT2D eigenvalue weighted by molar-refractivity contribution is -0.153. The van der Waals surface area contributed by atoms with Crippen LogP contribution >= 0.6 is 0 Å². The van der Waals surface area contributed by atoms with Crippen LogP contribution in [0.25, 0.3) is 11.1 Å². The first-order valence-electron chi connectivity index (χ1n) is 9.85. The molecule has 4 rings (SSSR count). The van der Waals surface area contributed by atoms with Gasteiger partial charge < -0.3 is 15.4 Å². The van der Waals surface area contributed by atoms with Gasteiger partial charge in [0, 0.05) is 25.4 Å². The van der Waals surface area contributed by atoms with Crippen molar-refractivity contribution in [2.24, 2.45) is 5.73 Å². The molecule has 3 aromatic rings. The maximum atomic E-state index is 12.9. The molecule has 0 bridgehead atoms. The highest BCUT2D eigenvalue weighted by Crippen LogP contribution is 2.27. The van der Waals surface area contributed by atoms with Gasteiger partial charge in [-0.1, -0.05) is 54.6 Å². The van der Waals surface area contributed by atoms with Gasteiger partial charge in [0.25, 0.3) is 11.8 Å². The number of rotatable bonds is 5. The molecule has 2 aromatic carbocycles. The molecule has 0 aliphatic carbocycles. The van der Waals surface area contributed by atoms with Crippen molar-refractivity contribution in [1.29, 1.82) is 0 Å². The lowest BCUT2D eigenvalue weighted by Crippen LogP contribution is -2.61. The Kier molecular flexibility index (Phi) is 5.59. The summed E-state index contributed by atoms with van der Waals surface area (Å²) in [6.45, 7) is 0.742. The molecule has 1 aliphatic heterocycles. The van der Waals surface area contributed by atoms with E-state index in [0.717, 1.165) is 16.7 Å². The van der Waals surface area contributed by atoms with Crippen molar-refractivity contribution in [3.8, 4) is 11.1 Å². The van der Waals surface area contributed by atoms with Gasteiger partial charge in [0.1, 0.15) is 0 Å². The summed E-state index contributed by atoms with van der Waals surface area (Å²) in [6, 6.07) is 21.4. The number of morpholine rings is 1. The smallest absolute Gasteiger partial charge is 0.255 e. The Bertz CT molecular complexity index is 1040. The predicted molar refractivity (Wildman–Crippen MR) is 114 cm³/mol. The van der Waals surface area contributed by atoms with Crippen LogP contribution in [0, 0.1) is 0 Å². The van der Waals surface area contributed by atoms with Crippen LogP contribution < -0.4 is 5.73 Å². The molecule has 0 radical (unpaired) electrons. The number of nitrogens with zero attached hydrogens (tertiary/aromatic N) is 2. The van der Waals surface area contributed by atoms with Gasteiger partial charge in [-0.3, -0.25) is 14.6 Å². The third kappa shape index (κ3) is 4.09. The van der Waals surface area contributed by atoms with Crippen molar-refractivity contribution in [1.82, 2.24) is 9.88 Å². The van der Waals surface area contributed by atoms with E-state index in [0.29, 0.717) is 18.5 Å². The molecule has 2 amide bonds. The Labute approximate surface area is 175 Å². The van der Waals surface area contributed by atoms with Gasteiger partial charge in [0.15, 0.2) is 5.60 Å². The zero-order chi connectivity index (χ0) is 21.0. The topological polar surface area (TPSA) is 85.5 Å². The van der Waals surface area contributed by atoms with E-state index in [1.165, 1.54) is 6.20 Å². The Morgan fingerprint density at radius 2 is 1.83 bits per heavy atom. The molecule has 6 heteroatoms. The third-order valence-corrected chi connectivity index (χ3v) is 5.35. The number of primary amides is 1. The fourth-order valence-electron chi connectivity index (χ4n) is 3.79. The second-order valence-electron chi connectivity index (χ2n) is 7.42. The molecule has 1 fully saturated rings. The maximum Gasteiger partial charge on any atom is 0.255 e. The highest BCUT2D eigenvalue weighted by atomic mass is 16.5. The number of nitrogens with two attached hydrogens (primary N) is 1. The fraction of sp³-hybridized carbons (Fsp3) is 0.208. The minimum absolute atomic E-state index is 0.103. The minimum Gasteiger partial charge on any atom is -0.367 e. The van der Waals surface area contributed by atoms with Crippen molar-refractivity contribution in [3.63, 3.8) is 0 Å². The van der Waals surface area contributed by atoms with E-state index >= 15 is 0 Å². The monoisotopic (exact) mass is 401 g/mol.